The summed E-state index contributed by atoms with van der Waals surface area (Å²) in [5.74, 6) is -3.70. The predicted molar refractivity (Wildman–Crippen MR) is 173 cm³/mol. The smallest absolute Gasteiger partial charge is 0.253 e. The number of hydrazine groups is 1. The molecule has 0 aromatic heterocycles. The molecule has 0 aliphatic rings. The van der Waals surface area contributed by atoms with Crippen LogP contribution in [0.3, 0.4) is 0 Å². The van der Waals surface area contributed by atoms with Gasteiger partial charge in [0.1, 0.15) is 11.6 Å². The van der Waals surface area contributed by atoms with Gasteiger partial charge < -0.3 is 21.1 Å². The van der Waals surface area contributed by atoms with Crippen molar-refractivity contribution in [2.24, 2.45) is 11.7 Å². The van der Waals surface area contributed by atoms with E-state index < -0.39 is 35.6 Å². The van der Waals surface area contributed by atoms with Crippen molar-refractivity contribution in [3.05, 3.63) is 70.3 Å². The number of aliphatic hydroxyl groups is 1. The molecule has 0 spiro atoms. The number of hydrogen-bond donors (Lipinski definition) is 4. The van der Waals surface area contributed by atoms with Gasteiger partial charge in [0.05, 0.1) is 12.1 Å². The van der Waals surface area contributed by atoms with Crippen LogP contribution in [0.15, 0.2) is 36.4 Å². The molecule has 2 aromatic rings. The third-order valence-electron chi connectivity index (χ3n) is 7.23. The van der Waals surface area contributed by atoms with Crippen molar-refractivity contribution in [3.8, 4) is 0 Å². The summed E-state index contributed by atoms with van der Waals surface area (Å²) in [6, 6.07) is 5.79. The molecule has 0 heterocycles. The molecule has 0 saturated heterocycles. The molecule has 0 fully saturated rings. The molecule has 2 rings (SSSR count). The monoisotopic (exact) mass is 645 g/mol. The number of benzene rings is 2. The summed E-state index contributed by atoms with van der Waals surface area (Å²) in [5, 5.41) is 15.7. The van der Waals surface area contributed by atoms with E-state index in [4.69, 9.17) is 5.73 Å². The number of nitrogens with two attached hydrogens (primary N) is 1. The highest BCUT2D eigenvalue weighted by atomic mass is 19.1. The Kier molecular flexibility index (Phi) is 15.7. The molecule has 0 saturated carbocycles. The fourth-order valence-corrected chi connectivity index (χ4v) is 5.07. The Hall–Kier alpha value is -3.90. The Balaban J connectivity index is 2.46. The number of carbonyl (C=O) groups excluding carboxylic acids is 4. The zero-order valence-corrected chi connectivity index (χ0v) is 27.6. The summed E-state index contributed by atoms with van der Waals surface area (Å²) >= 11 is 0. The lowest BCUT2D eigenvalue weighted by Gasteiger charge is -2.31. The number of hydrogen-bond acceptors (Lipinski definition) is 6. The highest BCUT2D eigenvalue weighted by Crippen LogP contribution is 2.17. The van der Waals surface area contributed by atoms with E-state index in [-0.39, 0.29) is 59.4 Å². The van der Waals surface area contributed by atoms with E-state index in [1.165, 1.54) is 18.2 Å². The molecular formula is C34H49F2N5O5. The number of halogens is 2. The van der Waals surface area contributed by atoms with Crippen molar-refractivity contribution in [2.45, 2.75) is 85.3 Å². The van der Waals surface area contributed by atoms with Gasteiger partial charge in [-0.1, -0.05) is 41.0 Å². The third-order valence-corrected chi connectivity index (χ3v) is 7.23. The van der Waals surface area contributed by atoms with Gasteiger partial charge in [-0.2, -0.15) is 0 Å². The fourth-order valence-electron chi connectivity index (χ4n) is 5.07. The second-order valence-electron chi connectivity index (χ2n) is 12.0. The van der Waals surface area contributed by atoms with Crippen LogP contribution < -0.4 is 16.5 Å². The minimum atomic E-state index is -1.31. The molecule has 2 aromatic carbocycles. The highest BCUT2D eigenvalue weighted by molar-refractivity contribution is 6.04. The lowest BCUT2D eigenvalue weighted by atomic mass is 9.99. The SMILES string of the molecule is CCCCN(CC(O)C(Cc1cc(F)cc(F)c1)NC(=O)c1cc(C(N)=O)cc(C(=O)N(CCC)CCC)c1)NC(=O)CC(C)C. The number of rotatable bonds is 19. The van der Waals surface area contributed by atoms with Gasteiger partial charge >= 0.3 is 0 Å². The van der Waals surface area contributed by atoms with Crippen LogP contribution in [0.25, 0.3) is 0 Å². The summed E-state index contributed by atoms with van der Waals surface area (Å²) in [5.41, 5.74) is 8.54. The number of carbonyl (C=O) groups is 4. The van der Waals surface area contributed by atoms with E-state index in [9.17, 15) is 33.1 Å². The molecule has 254 valence electrons. The average Bonchev–Trinajstić information content (AvgIpc) is 2.97. The number of unbranched alkanes of at least 4 members (excludes halogenated alkanes) is 1. The normalized spacial score (nSPS) is 12.6. The molecule has 4 amide bonds. The van der Waals surface area contributed by atoms with Crippen molar-refractivity contribution in [3.63, 3.8) is 0 Å². The maximum absolute atomic E-state index is 14.1. The first-order valence-corrected chi connectivity index (χ1v) is 16.0. The first-order chi connectivity index (χ1) is 21.8. The molecule has 0 aliphatic carbocycles. The Labute approximate surface area is 270 Å². The molecule has 12 heteroatoms. The summed E-state index contributed by atoms with van der Waals surface area (Å²) in [4.78, 5) is 53.4. The number of nitrogens with one attached hydrogen (secondary N) is 2. The molecule has 0 aliphatic heterocycles. The van der Waals surface area contributed by atoms with E-state index in [0.29, 0.717) is 38.9 Å². The summed E-state index contributed by atoms with van der Waals surface area (Å²) < 4.78 is 28.2. The Bertz CT molecular complexity index is 1310. The van der Waals surface area contributed by atoms with Gasteiger partial charge in [-0.05, 0) is 67.5 Å². The second kappa shape index (κ2) is 18.9. The van der Waals surface area contributed by atoms with E-state index in [1.807, 2.05) is 34.6 Å². The van der Waals surface area contributed by atoms with Crippen LogP contribution in [0.2, 0.25) is 0 Å². The number of aliphatic hydroxyl groups excluding tert-OH is 1. The molecule has 2 atom stereocenters. The largest absolute Gasteiger partial charge is 0.390 e. The molecule has 5 N–H and O–H groups in total. The number of primary amides is 1. The van der Waals surface area contributed by atoms with Gasteiger partial charge in [-0.3, -0.25) is 24.6 Å². The van der Waals surface area contributed by atoms with Crippen LogP contribution in [0, 0.1) is 17.6 Å². The highest BCUT2D eigenvalue weighted by Gasteiger charge is 2.27. The first-order valence-electron chi connectivity index (χ1n) is 16.0. The van der Waals surface area contributed by atoms with Gasteiger partial charge in [0.25, 0.3) is 11.8 Å². The van der Waals surface area contributed by atoms with Crippen LogP contribution in [0.4, 0.5) is 8.78 Å². The standard InChI is InChI=1S/C34H49F2N5O5/c1-6-9-12-41(39-31(43)13-22(4)5)21-30(42)29(16-23-14-27(35)20-28(36)15-23)38-33(45)25-17-24(32(37)44)18-26(19-25)34(46)40(10-7-2)11-8-3/h14-15,17-20,22,29-30,42H,6-13,16,21H2,1-5H3,(H2,37,44)(H,38,45)(H,39,43). The maximum Gasteiger partial charge on any atom is 0.253 e. The van der Waals surface area contributed by atoms with Gasteiger partial charge in [-0.25, -0.2) is 13.8 Å². The average molecular weight is 646 g/mol. The van der Waals surface area contributed by atoms with Crippen molar-refractivity contribution in [2.75, 3.05) is 26.2 Å². The predicted octanol–water partition coefficient (Wildman–Crippen LogP) is 4.21. The van der Waals surface area contributed by atoms with Crippen molar-refractivity contribution >= 4 is 23.6 Å². The minimum Gasteiger partial charge on any atom is -0.390 e. The number of amides is 4. The summed E-state index contributed by atoms with van der Waals surface area (Å²) in [7, 11) is 0. The molecular weight excluding hydrogens is 596 g/mol. The zero-order valence-electron chi connectivity index (χ0n) is 27.6. The second-order valence-corrected chi connectivity index (χ2v) is 12.0. The Morgan fingerprint density at radius 1 is 0.848 bits per heavy atom. The summed E-state index contributed by atoms with van der Waals surface area (Å²) in [6.07, 6.45) is 1.75. The third kappa shape index (κ3) is 12.5. The number of nitrogens with zero attached hydrogens (tertiary/aromatic N) is 2. The van der Waals surface area contributed by atoms with Crippen LogP contribution in [-0.2, 0) is 11.2 Å². The van der Waals surface area contributed by atoms with Crippen LogP contribution >= 0.6 is 0 Å². The maximum atomic E-state index is 14.1. The van der Waals surface area contributed by atoms with Gasteiger partial charge in [0.2, 0.25) is 11.8 Å². The lowest BCUT2D eigenvalue weighted by molar-refractivity contribution is -0.127. The Morgan fingerprint density at radius 2 is 1.43 bits per heavy atom. The quantitative estimate of drug-likeness (QED) is 0.169. The van der Waals surface area contributed by atoms with Crippen molar-refractivity contribution in [1.29, 1.82) is 0 Å². The van der Waals surface area contributed by atoms with Crippen LogP contribution in [0.1, 0.15) is 103 Å². The fraction of sp³-hybridized carbons (Fsp3) is 0.529. The van der Waals surface area contributed by atoms with Gasteiger partial charge in [0, 0.05) is 55.4 Å². The Morgan fingerprint density at radius 3 is 1.98 bits per heavy atom. The van der Waals surface area contributed by atoms with Crippen molar-refractivity contribution < 1.29 is 33.1 Å². The van der Waals surface area contributed by atoms with Gasteiger partial charge in [0.15, 0.2) is 0 Å². The van der Waals surface area contributed by atoms with Gasteiger partial charge in [-0.15, -0.1) is 0 Å². The lowest BCUT2D eigenvalue weighted by Crippen LogP contribution is -2.53. The van der Waals surface area contributed by atoms with E-state index >= 15 is 0 Å². The van der Waals surface area contributed by atoms with E-state index in [1.54, 1.807) is 9.91 Å². The zero-order chi connectivity index (χ0) is 34.4. The van der Waals surface area contributed by atoms with Crippen molar-refractivity contribution in [1.82, 2.24) is 20.7 Å². The topological polar surface area (TPSA) is 145 Å². The molecule has 2 unspecified atom stereocenters. The van der Waals surface area contributed by atoms with E-state index in [2.05, 4.69) is 10.7 Å². The van der Waals surface area contributed by atoms with Crippen LogP contribution in [0.5, 0.6) is 0 Å². The first kappa shape index (κ1) is 38.3. The summed E-state index contributed by atoms with van der Waals surface area (Å²) in [6.45, 7) is 11.0. The molecule has 10 nitrogen and oxygen atoms in total. The van der Waals surface area contributed by atoms with E-state index in [0.717, 1.165) is 24.6 Å². The molecule has 46 heavy (non-hydrogen) atoms. The van der Waals surface area contributed by atoms with Crippen LogP contribution in [-0.4, -0.2) is 77.0 Å². The molecule has 0 bridgehead atoms. The minimum absolute atomic E-state index is 0.0492. The molecule has 0 radical (unpaired) electrons.